The number of nitrogens with zero attached hydrogens (tertiary/aromatic N) is 4. The summed E-state index contributed by atoms with van der Waals surface area (Å²) < 4.78 is 150. The van der Waals surface area contributed by atoms with E-state index in [2.05, 4.69) is 0 Å². The average Bonchev–Trinajstić information content (AvgIpc) is 1.53. The van der Waals surface area contributed by atoms with Crippen LogP contribution in [0.25, 0.3) is 98.9 Å². The molecular weight excluding hydrogens is 1000 g/mol. The van der Waals surface area contributed by atoms with Gasteiger partial charge < -0.3 is 27.8 Å². The van der Waals surface area contributed by atoms with Crippen molar-refractivity contribution < 1.29 is 28.0 Å². The van der Waals surface area contributed by atoms with E-state index >= 15 is 0 Å². The number of para-hydroxylation sites is 6. The van der Waals surface area contributed by atoms with Gasteiger partial charge in [0.1, 0.15) is 22.3 Å². The van der Waals surface area contributed by atoms with E-state index < -0.39 is 90.0 Å². The summed E-state index contributed by atoms with van der Waals surface area (Å²) >= 11 is 14.0. The molecule has 0 amide bonds. The van der Waals surface area contributed by atoms with Crippen LogP contribution in [0, 0.1) is 0 Å². The number of hydrogen-bond donors (Lipinski definition) is 0. The first kappa shape index (κ1) is 33.8. The molecule has 78 heavy (non-hydrogen) atoms. The van der Waals surface area contributed by atoms with Crippen molar-refractivity contribution in [3.8, 4) is 11.4 Å². The predicted octanol–water partition coefficient (Wildman–Crippen LogP) is 21.2. The highest BCUT2D eigenvalue weighted by atomic mass is 35.5. The zero-order valence-corrected chi connectivity index (χ0v) is 43.3. The molecule has 0 aliphatic rings. The molecule has 0 radical (unpaired) electrons. The van der Waals surface area contributed by atoms with Crippen molar-refractivity contribution in [1.29, 1.82) is 0 Å². The number of rotatable bonds is 8. The number of benzene rings is 11. The molecule has 8 heteroatoms. The van der Waals surface area contributed by atoms with Crippen LogP contribution in [0.1, 0.15) is 45.5 Å². The molecule has 0 unspecified atom stereocenters. The summed E-state index contributed by atoms with van der Waals surface area (Å²) in [4.78, 5) is 3.39. The van der Waals surface area contributed by atoms with Gasteiger partial charge in [0, 0.05) is 88.0 Å². The van der Waals surface area contributed by atoms with E-state index in [0.717, 1.165) is 21.5 Å². The first-order valence-corrected chi connectivity index (χ1v) is 25.9. The van der Waals surface area contributed by atoms with Gasteiger partial charge in [0.15, 0.2) is 0 Å². The summed E-state index contributed by atoms with van der Waals surface area (Å²) in [6.07, 6.45) is 0. The van der Waals surface area contributed by atoms with Crippen molar-refractivity contribution in [3.63, 3.8) is 0 Å². The summed E-state index contributed by atoms with van der Waals surface area (Å²) in [7, 11) is 0. The Bertz CT molecular complexity index is 5430. The molecule has 0 atom stereocenters. The summed E-state index contributed by atoms with van der Waals surface area (Å²) in [6, 6.07) is 37.8. The van der Waals surface area contributed by atoms with Crippen LogP contribution < -0.4 is 9.80 Å². The Morgan fingerprint density at radius 1 is 0.385 bits per heavy atom. The van der Waals surface area contributed by atoms with Crippen LogP contribution in [0.15, 0.2) is 245 Å². The standard InChI is InChI=1S/C70H48Cl2N4O2/c1-70(2,3)43-36-50(73(46-18-12-16-44(71)38-46)62-28-14-24-58-52-20-4-8-26-60(52)75(68(58)62)48-32-34-56-54-22-6-10-30-64(54)77-66(56)41-48)40-51(37-43)74(47-19-13-17-45(72)39-47)63-29-15-25-59-53-21-5-9-27-61(53)76(69(59)63)49-33-35-57-55-23-7-11-31-65(55)78-67(57)42-49/h4-42H,1-3H3/i4D,5D,8D,9D,14D,15D,20D,21D,24D,25D,26D,27D,28D,29D. The van der Waals surface area contributed by atoms with Crippen LogP contribution in [0.3, 0.4) is 0 Å². The van der Waals surface area contributed by atoms with Crippen LogP contribution in [0.4, 0.5) is 34.1 Å². The van der Waals surface area contributed by atoms with Gasteiger partial charge in [-0.15, -0.1) is 0 Å². The van der Waals surface area contributed by atoms with E-state index in [4.69, 9.17) is 37.5 Å². The van der Waals surface area contributed by atoms with Gasteiger partial charge >= 0.3 is 0 Å². The quantitative estimate of drug-likeness (QED) is 0.152. The molecule has 0 fully saturated rings. The minimum Gasteiger partial charge on any atom is -0.456 e. The van der Waals surface area contributed by atoms with Gasteiger partial charge in [-0.05, 0) is 126 Å². The number of fused-ring (bicyclic) bond motifs is 12. The van der Waals surface area contributed by atoms with Gasteiger partial charge in [0.2, 0.25) is 0 Å². The molecule has 11 aromatic carbocycles. The van der Waals surface area contributed by atoms with Crippen molar-refractivity contribution in [1.82, 2.24) is 9.13 Å². The molecule has 4 heterocycles. The molecule has 0 aliphatic heterocycles. The largest absolute Gasteiger partial charge is 0.456 e. The van der Waals surface area contributed by atoms with Crippen molar-refractivity contribution in [2.45, 2.75) is 26.2 Å². The second-order valence-corrected chi connectivity index (χ2v) is 21.1. The zero-order valence-electron chi connectivity index (χ0n) is 55.8. The zero-order chi connectivity index (χ0) is 64.6. The fraction of sp³-hybridized carbons (Fsp3) is 0.0571. The highest BCUT2D eigenvalue weighted by Crippen LogP contribution is 2.50. The van der Waals surface area contributed by atoms with Gasteiger partial charge in [-0.25, -0.2) is 0 Å². The first-order valence-electron chi connectivity index (χ1n) is 32.1. The Morgan fingerprint density at radius 2 is 0.821 bits per heavy atom. The van der Waals surface area contributed by atoms with Gasteiger partial charge in [-0.3, -0.25) is 0 Å². The molecule has 6 nitrogen and oxygen atoms in total. The van der Waals surface area contributed by atoms with E-state index in [-0.39, 0.29) is 65.0 Å². The molecule has 15 rings (SSSR count). The summed E-state index contributed by atoms with van der Waals surface area (Å²) in [6.45, 7) is 5.96. The van der Waals surface area contributed by atoms with Crippen LogP contribution in [0.2, 0.25) is 10.0 Å². The van der Waals surface area contributed by atoms with Gasteiger partial charge in [0.25, 0.3) is 0 Å². The van der Waals surface area contributed by atoms with Crippen LogP contribution in [-0.2, 0) is 5.41 Å². The van der Waals surface area contributed by atoms with E-state index in [1.165, 1.54) is 0 Å². The van der Waals surface area contributed by atoms with Crippen LogP contribution >= 0.6 is 23.2 Å². The molecule has 0 N–H and O–H groups in total. The maximum Gasteiger partial charge on any atom is 0.137 e. The lowest BCUT2D eigenvalue weighted by Gasteiger charge is -2.33. The lowest BCUT2D eigenvalue weighted by Crippen LogP contribution is -2.18. The van der Waals surface area contributed by atoms with Crippen molar-refractivity contribution in [3.05, 3.63) is 252 Å². The third-order valence-electron chi connectivity index (χ3n) is 14.5. The molecule has 0 aliphatic carbocycles. The second kappa shape index (κ2) is 17.7. The lowest BCUT2D eigenvalue weighted by molar-refractivity contribution is 0.590. The smallest absolute Gasteiger partial charge is 0.137 e. The topological polar surface area (TPSA) is 42.6 Å². The Morgan fingerprint density at radius 3 is 1.28 bits per heavy atom. The van der Waals surface area contributed by atoms with E-state index in [1.807, 2.05) is 93.6 Å². The summed E-state index contributed by atoms with van der Waals surface area (Å²) in [5.74, 6) is 0. The molecule has 0 saturated carbocycles. The fourth-order valence-corrected chi connectivity index (χ4v) is 11.4. The van der Waals surface area contributed by atoms with Gasteiger partial charge in [0.05, 0.1) is 64.0 Å². The SMILES string of the molecule is [2H]c1c([2H])c([2H])c2c(c1[2H])c1c([2H])c([2H])c([2H])c(N(c3cccc(Cl)c3)c3cc(N(c4cccc(Cl)c4)c4c([2H])c([2H])c([2H])c5c6c([2H])c([2H])c([2H])c([2H])c6n(-c6ccc7c(c6)oc6ccccc67)c45)cc(C(C)(C)C)c3)c1n2-c1ccc2c(c1)oc1ccccc12. The van der Waals surface area contributed by atoms with Gasteiger partial charge in [-0.1, -0.05) is 153 Å². The minimum atomic E-state index is -0.751. The molecule has 0 saturated heterocycles. The van der Waals surface area contributed by atoms with E-state index in [9.17, 15) is 13.7 Å². The Hall–Kier alpha value is -9.20. The number of aromatic nitrogens is 2. The molecular formula is C70H48Cl2N4O2. The normalized spacial score (nSPS) is 14.7. The fourth-order valence-electron chi connectivity index (χ4n) is 11.0. The molecule has 0 bridgehead atoms. The first-order chi connectivity index (χ1) is 43.9. The predicted molar refractivity (Wildman–Crippen MR) is 328 cm³/mol. The van der Waals surface area contributed by atoms with Crippen molar-refractivity contribution in [2.75, 3.05) is 9.80 Å². The molecule has 4 aromatic heterocycles. The summed E-state index contributed by atoms with van der Waals surface area (Å²) in [5, 5.41) is 3.50. The maximum absolute atomic E-state index is 10.3. The third-order valence-corrected chi connectivity index (χ3v) is 15.0. The van der Waals surface area contributed by atoms with Crippen LogP contribution in [0.5, 0.6) is 0 Å². The van der Waals surface area contributed by atoms with Crippen molar-refractivity contribution in [2.24, 2.45) is 0 Å². The highest BCUT2D eigenvalue weighted by Gasteiger charge is 2.28. The third kappa shape index (κ3) is 7.32. The van der Waals surface area contributed by atoms with Gasteiger partial charge in [-0.2, -0.15) is 0 Å². The highest BCUT2D eigenvalue weighted by molar-refractivity contribution is 6.31. The van der Waals surface area contributed by atoms with Crippen LogP contribution in [-0.4, -0.2) is 9.13 Å². The molecule has 0 spiro atoms. The molecule has 15 aromatic rings. The second-order valence-electron chi connectivity index (χ2n) is 20.2. The number of hydrogen-bond acceptors (Lipinski definition) is 4. The van der Waals surface area contributed by atoms with E-state index in [0.29, 0.717) is 62.0 Å². The Balaban J connectivity index is 1.10. The number of halogens is 2. The number of furan rings is 2. The maximum atomic E-state index is 10.3. The summed E-state index contributed by atoms with van der Waals surface area (Å²) in [5.41, 5.74) is 3.90. The Kier molecular flexibility index (Phi) is 7.65. The minimum absolute atomic E-state index is 0.0313. The monoisotopic (exact) mass is 1060 g/mol. The van der Waals surface area contributed by atoms with E-state index in [1.54, 1.807) is 97.8 Å². The van der Waals surface area contributed by atoms with Crippen molar-refractivity contribution >= 4 is 145 Å². The Labute approximate surface area is 479 Å². The lowest BCUT2D eigenvalue weighted by atomic mass is 9.86. The number of anilines is 6. The average molecular weight is 1060 g/mol. The molecule has 374 valence electrons.